The monoisotopic (exact) mass is 324 g/mol. The molecule has 0 aliphatic carbocycles. The van der Waals surface area contributed by atoms with Crippen molar-refractivity contribution in [3.63, 3.8) is 0 Å². The van der Waals surface area contributed by atoms with E-state index < -0.39 is 0 Å². The summed E-state index contributed by atoms with van der Waals surface area (Å²) in [5.74, 6) is 1.10. The number of hydrogen-bond acceptors (Lipinski definition) is 4. The Bertz CT molecular complexity index is 884. The van der Waals surface area contributed by atoms with Crippen molar-refractivity contribution >= 4 is 21.5 Å². The zero-order chi connectivity index (χ0) is 16.5. The van der Waals surface area contributed by atoms with Crippen molar-refractivity contribution in [2.24, 2.45) is 0 Å². The number of epoxide rings is 1. The Hall–Kier alpha value is -2.30. The molecule has 1 unspecified atom stereocenters. The van der Waals surface area contributed by atoms with Gasteiger partial charge in [-0.3, -0.25) is 0 Å². The topological polar surface area (TPSA) is 51.2 Å². The maximum atomic E-state index is 10.6. The van der Waals surface area contributed by atoms with Crippen LogP contribution in [0.1, 0.15) is 5.56 Å². The molecule has 3 aromatic carbocycles. The highest BCUT2D eigenvalue weighted by molar-refractivity contribution is 6.10. The fourth-order valence-corrected chi connectivity index (χ4v) is 2.97. The second kappa shape index (κ2) is 6.30. The molecule has 0 spiro atoms. The summed E-state index contributed by atoms with van der Waals surface area (Å²) in [6, 6.07) is 13.8. The van der Waals surface area contributed by atoms with Crippen molar-refractivity contribution in [2.75, 3.05) is 26.4 Å². The van der Waals surface area contributed by atoms with Gasteiger partial charge < -0.3 is 19.3 Å². The van der Waals surface area contributed by atoms with E-state index in [1.165, 1.54) is 0 Å². The summed E-state index contributed by atoms with van der Waals surface area (Å²) in [6.45, 7) is 4.42. The lowest BCUT2D eigenvalue weighted by Crippen LogP contribution is -2.10. The zero-order valence-corrected chi connectivity index (χ0v) is 13.6. The number of phenols is 1. The molecule has 1 saturated heterocycles. The first kappa shape index (κ1) is 15.2. The Morgan fingerprint density at radius 1 is 1.04 bits per heavy atom. The van der Waals surface area contributed by atoms with Crippen molar-refractivity contribution in [1.82, 2.24) is 0 Å². The van der Waals surface area contributed by atoms with E-state index >= 15 is 0 Å². The molecule has 1 atom stereocenters. The Balaban J connectivity index is 1.68. The molecule has 3 aromatic rings. The molecule has 4 rings (SSSR count). The molecule has 0 aromatic heterocycles. The van der Waals surface area contributed by atoms with Gasteiger partial charge in [-0.1, -0.05) is 42.0 Å². The molecular formula is C20H20O4. The number of hydrogen-bond donors (Lipinski definition) is 1. The van der Waals surface area contributed by atoms with Crippen molar-refractivity contribution in [2.45, 2.75) is 13.0 Å². The number of benzene rings is 3. The van der Waals surface area contributed by atoms with Crippen LogP contribution in [0.3, 0.4) is 0 Å². The fourth-order valence-electron chi connectivity index (χ4n) is 2.97. The third-order valence-corrected chi connectivity index (χ3v) is 4.28. The first-order valence-corrected chi connectivity index (χ1v) is 8.20. The van der Waals surface area contributed by atoms with Gasteiger partial charge in [0.15, 0.2) is 0 Å². The third kappa shape index (κ3) is 2.90. The van der Waals surface area contributed by atoms with E-state index in [0.717, 1.165) is 39.5 Å². The van der Waals surface area contributed by atoms with Crippen LogP contribution in [0.25, 0.3) is 21.5 Å². The van der Waals surface area contributed by atoms with Gasteiger partial charge in [0.2, 0.25) is 0 Å². The first-order valence-electron chi connectivity index (χ1n) is 8.20. The number of aryl methyl sites for hydroxylation is 1. The van der Waals surface area contributed by atoms with Gasteiger partial charge >= 0.3 is 0 Å². The highest BCUT2D eigenvalue weighted by Gasteiger charge is 2.22. The molecule has 1 aliphatic rings. The van der Waals surface area contributed by atoms with E-state index in [0.29, 0.717) is 25.6 Å². The summed E-state index contributed by atoms with van der Waals surface area (Å²) in [4.78, 5) is 0. The summed E-state index contributed by atoms with van der Waals surface area (Å²) in [5.41, 5.74) is 1.10. The molecule has 1 N–H and O–H groups in total. The molecule has 1 fully saturated rings. The van der Waals surface area contributed by atoms with Crippen LogP contribution in [0.2, 0.25) is 0 Å². The van der Waals surface area contributed by atoms with Gasteiger partial charge in [-0.25, -0.2) is 0 Å². The van der Waals surface area contributed by atoms with Gasteiger partial charge in [-0.15, -0.1) is 0 Å². The third-order valence-electron chi connectivity index (χ3n) is 4.28. The number of phenolic OH excluding ortho intramolecular Hbond substituents is 1. The molecule has 0 radical (unpaired) electrons. The van der Waals surface area contributed by atoms with E-state index in [1.807, 2.05) is 49.4 Å². The molecule has 1 aliphatic heterocycles. The number of aromatic hydroxyl groups is 1. The Kier molecular flexibility index (Phi) is 4.00. The minimum absolute atomic E-state index is 0.267. The van der Waals surface area contributed by atoms with E-state index in [4.69, 9.17) is 14.2 Å². The molecular weight excluding hydrogens is 304 g/mol. The van der Waals surface area contributed by atoms with Crippen LogP contribution in [0.4, 0.5) is 0 Å². The lowest BCUT2D eigenvalue weighted by atomic mass is 9.99. The largest absolute Gasteiger partial charge is 0.507 e. The number of rotatable bonds is 6. The van der Waals surface area contributed by atoms with Gasteiger partial charge in [0, 0.05) is 21.5 Å². The normalized spacial score (nSPS) is 16.6. The van der Waals surface area contributed by atoms with Crippen LogP contribution < -0.4 is 4.74 Å². The molecule has 0 amide bonds. The maximum Gasteiger partial charge on any atom is 0.135 e. The average Bonchev–Trinajstić information content (AvgIpc) is 3.42. The van der Waals surface area contributed by atoms with Crippen LogP contribution in [-0.4, -0.2) is 37.6 Å². The standard InChI is InChI=1S/C20H20O4/c1-13-6-7-17-18(10-13)19(21)15-4-2-3-5-16(15)20(17)23-9-8-22-11-14-12-24-14/h2-7,10,14,21H,8-9,11-12H2,1H3. The van der Waals surface area contributed by atoms with Crippen molar-refractivity contribution in [3.8, 4) is 11.5 Å². The Morgan fingerprint density at radius 2 is 1.79 bits per heavy atom. The van der Waals surface area contributed by atoms with Gasteiger partial charge in [0.1, 0.15) is 24.2 Å². The second-order valence-electron chi connectivity index (χ2n) is 6.15. The minimum atomic E-state index is 0.267. The van der Waals surface area contributed by atoms with Gasteiger partial charge in [-0.05, 0) is 13.0 Å². The molecule has 124 valence electrons. The highest BCUT2D eigenvalue weighted by atomic mass is 16.6. The number of fused-ring (bicyclic) bond motifs is 2. The van der Waals surface area contributed by atoms with E-state index in [9.17, 15) is 5.11 Å². The quantitative estimate of drug-likeness (QED) is 0.426. The summed E-state index contributed by atoms with van der Waals surface area (Å²) >= 11 is 0. The summed E-state index contributed by atoms with van der Waals surface area (Å²) < 4.78 is 16.7. The van der Waals surface area contributed by atoms with Crippen LogP contribution in [0, 0.1) is 6.92 Å². The molecule has 0 saturated carbocycles. The summed E-state index contributed by atoms with van der Waals surface area (Å²) in [5, 5.41) is 14.1. The lowest BCUT2D eigenvalue weighted by molar-refractivity contribution is 0.0887. The van der Waals surface area contributed by atoms with E-state index in [1.54, 1.807) is 0 Å². The molecule has 24 heavy (non-hydrogen) atoms. The predicted octanol–water partition coefficient (Wildman–Crippen LogP) is 3.80. The fraction of sp³-hybridized carbons (Fsp3) is 0.300. The zero-order valence-electron chi connectivity index (χ0n) is 13.6. The Morgan fingerprint density at radius 3 is 2.58 bits per heavy atom. The molecule has 4 nitrogen and oxygen atoms in total. The molecule has 4 heteroatoms. The predicted molar refractivity (Wildman–Crippen MR) is 93.9 cm³/mol. The van der Waals surface area contributed by atoms with E-state index in [2.05, 4.69) is 0 Å². The van der Waals surface area contributed by atoms with Crippen LogP contribution in [0.5, 0.6) is 11.5 Å². The van der Waals surface area contributed by atoms with Crippen LogP contribution in [0.15, 0.2) is 42.5 Å². The van der Waals surface area contributed by atoms with Crippen molar-refractivity contribution in [1.29, 1.82) is 0 Å². The summed E-state index contributed by atoms with van der Waals surface area (Å²) in [7, 11) is 0. The van der Waals surface area contributed by atoms with Crippen LogP contribution >= 0.6 is 0 Å². The van der Waals surface area contributed by atoms with Gasteiger partial charge in [-0.2, -0.15) is 0 Å². The summed E-state index contributed by atoms with van der Waals surface area (Å²) in [6.07, 6.45) is 0.267. The molecule has 1 heterocycles. The number of ether oxygens (including phenoxy) is 3. The van der Waals surface area contributed by atoms with Gasteiger partial charge in [0.25, 0.3) is 0 Å². The van der Waals surface area contributed by atoms with E-state index in [-0.39, 0.29) is 6.10 Å². The minimum Gasteiger partial charge on any atom is -0.507 e. The first-order chi connectivity index (χ1) is 11.7. The van der Waals surface area contributed by atoms with Crippen molar-refractivity contribution in [3.05, 3.63) is 48.0 Å². The van der Waals surface area contributed by atoms with Crippen molar-refractivity contribution < 1.29 is 19.3 Å². The average molecular weight is 324 g/mol. The lowest BCUT2D eigenvalue weighted by Gasteiger charge is -2.15. The second-order valence-corrected chi connectivity index (χ2v) is 6.15. The SMILES string of the molecule is Cc1ccc2c(OCCOCC3CO3)c3ccccc3c(O)c2c1. The maximum absolute atomic E-state index is 10.6. The highest BCUT2D eigenvalue weighted by Crippen LogP contribution is 2.42. The van der Waals surface area contributed by atoms with Gasteiger partial charge in [0.05, 0.1) is 19.8 Å². The molecule has 0 bridgehead atoms. The smallest absolute Gasteiger partial charge is 0.135 e. The van der Waals surface area contributed by atoms with Crippen LogP contribution in [-0.2, 0) is 9.47 Å². The Labute approximate surface area is 140 Å².